The van der Waals surface area contributed by atoms with Gasteiger partial charge >= 0.3 is 0 Å². The van der Waals surface area contributed by atoms with Crippen molar-refractivity contribution in [2.24, 2.45) is 10.8 Å². The molecule has 16 heavy (non-hydrogen) atoms. The van der Waals surface area contributed by atoms with Gasteiger partial charge in [0.2, 0.25) is 5.96 Å². The number of hydrazine groups is 1. The lowest BCUT2D eigenvalue weighted by Crippen LogP contribution is -2.59. The number of nitrogens with two attached hydrogens (primary N) is 1. The summed E-state index contributed by atoms with van der Waals surface area (Å²) in [6.45, 7) is 4.46. The zero-order chi connectivity index (χ0) is 11.4. The molecule has 5 nitrogen and oxygen atoms in total. The Hall–Kier alpha value is -0.810. The Morgan fingerprint density at radius 1 is 1.50 bits per heavy atom. The van der Waals surface area contributed by atoms with Gasteiger partial charge in [-0.3, -0.25) is 10.4 Å². The summed E-state index contributed by atoms with van der Waals surface area (Å²) in [5, 5.41) is 0. The maximum atomic E-state index is 5.82. The van der Waals surface area contributed by atoms with Crippen molar-refractivity contribution < 1.29 is 4.74 Å². The van der Waals surface area contributed by atoms with Crippen molar-refractivity contribution in [3.05, 3.63) is 0 Å². The topological polar surface area (TPSA) is 62.9 Å². The molecule has 3 N–H and O–H groups in total. The zero-order valence-corrected chi connectivity index (χ0v) is 9.98. The quantitative estimate of drug-likeness (QED) is 0.295. The number of morpholine rings is 1. The van der Waals surface area contributed by atoms with Gasteiger partial charge in [0.05, 0.1) is 18.8 Å². The number of guanidine groups is 1. The van der Waals surface area contributed by atoms with Gasteiger partial charge in [-0.1, -0.05) is 12.8 Å². The number of fused-ring (bicyclic) bond motifs is 1. The standard InChI is InChI=1S/C11H22N4O/c1-2-13-11(14-12)15-7-8-16-10-6-4-3-5-9(10)15/h9-10H,2-8,12H2,1H3,(H,13,14). The van der Waals surface area contributed by atoms with Crippen molar-refractivity contribution in [3.63, 3.8) is 0 Å². The summed E-state index contributed by atoms with van der Waals surface area (Å²) in [5.74, 6) is 6.37. The van der Waals surface area contributed by atoms with Gasteiger partial charge in [0.1, 0.15) is 0 Å². The molecule has 2 rings (SSSR count). The van der Waals surface area contributed by atoms with Crippen LogP contribution in [0.4, 0.5) is 0 Å². The van der Waals surface area contributed by atoms with Gasteiger partial charge in [0.25, 0.3) is 0 Å². The van der Waals surface area contributed by atoms with E-state index in [0.29, 0.717) is 12.1 Å². The largest absolute Gasteiger partial charge is 0.374 e. The SMILES string of the molecule is CCN=C(NN)N1CCOC2CCCCC21. The fraction of sp³-hybridized carbons (Fsp3) is 0.909. The number of rotatable bonds is 1. The van der Waals surface area contributed by atoms with Crippen LogP contribution in [0.25, 0.3) is 0 Å². The Bertz CT molecular complexity index is 254. The highest BCUT2D eigenvalue weighted by molar-refractivity contribution is 5.79. The van der Waals surface area contributed by atoms with E-state index in [1.54, 1.807) is 0 Å². The molecule has 1 saturated heterocycles. The van der Waals surface area contributed by atoms with Crippen LogP contribution in [-0.4, -0.2) is 42.7 Å². The first-order valence-corrected chi connectivity index (χ1v) is 6.26. The molecule has 2 aliphatic rings. The average molecular weight is 226 g/mol. The van der Waals surface area contributed by atoms with E-state index < -0.39 is 0 Å². The first-order chi connectivity index (χ1) is 7.86. The minimum atomic E-state index is 0.373. The van der Waals surface area contributed by atoms with Crippen LogP contribution in [0, 0.1) is 0 Å². The average Bonchev–Trinajstić information content (AvgIpc) is 2.35. The van der Waals surface area contributed by atoms with Crippen LogP contribution in [-0.2, 0) is 4.74 Å². The lowest BCUT2D eigenvalue weighted by molar-refractivity contribution is -0.0648. The number of nitrogens with one attached hydrogen (secondary N) is 1. The maximum absolute atomic E-state index is 5.82. The lowest BCUT2D eigenvalue weighted by Gasteiger charge is -2.44. The van der Waals surface area contributed by atoms with E-state index in [1.807, 2.05) is 6.92 Å². The van der Waals surface area contributed by atoms with E-state index in [1.165, 1.54) is 25.7 Å². The zero-order valence-electron chi connectivity index (χ0n) is 9.98. The summed E-state index contributed by atoms with van der Waals surface area (Å²) in [6.07, 6.45) is 5.30. The van der Waals surface area contributed by atoms with Crippen LogP contribution in [0.5, 0.6) is 0 Å². The Kier molecular flexibility index (Phi) is 4.01. The molecule has 2 fully saturated rings. The van der Waals surface area contributed by atoms with Gasteiger partial charge in [0.15, 0.2) is 0 Å². The van der Waals surface area contributed by atoms with E-state index in [2.05, 4.69) is 15.3 Å². The van der Waals surface area contributed by atoms with E-state index >= 15 is 0 Å². The molecule has 1 saturated carbocycles. The number of hydrogen-bond donors (Lipinski definition) is 2. The van der Waals surface area contributed by atoms with E-state index in [0.717, 1.165) is 25.7 Å². The lowest BCUT2D eigenvalue weighted by atomic mass is 9.90. The molecule has 0 aromatic carbocycles. The van der Waals surface area contributed by atoms with Crippen molar-refractivity contribution in [1.82, 2.24) is 10.3 Å². The van der Waals surface area contributed by atoms with Crippen molar-refractivity contribution in [3.8, 4) is 0 Å². The summed E-state index contributed by atoms with van der Waals surface area (Å²) >= 11 is 0. The van der Waals surface area contributed by atoms with Gasteiger partial charge in [0, 0.05) is 13.1 Å². The van der Waals surface area contributed by atoms with Gasteiger partial charge in [-0.25, -0.2) is 5.84 Å². The Morgan fingerprint density at radius 2 is 2.31 bits per heavy atom. The molecule has 2 atom stereocenters. The minimum absolute atomic E-state index is 0.373. The minimum Gasteiger partial charge on any atom is -0.374 e. The summed E-state index contributed by atoms with van der Waals surface area (Å²) in [4.78, 5) is 6.70. The highest BCUT2D eigenvalue weighted by Gasteiger charge is 2.35. The van der Waals surface area contributed by atoms with Gasteiger partial charge in [-0.2, -0.15) is 0 Å². The first-order valence-electron chi connectivity index (χ1n) is 6.26. The van der Waals surface area contributed by atoms with Crippen molar-refractivity contribution >= 4 is 5.96 Å². The van der Waals surface area contributed by atoms with Gasteiger partial charge < -0.3 is 9.64 Å². The van der Waals surface area contributed by atoms with Gasteiger partial charge in [-0.15, -0.1) is 0 Å². The van der Waals surface area contributed by atoms with Crippen LogP contribution in [0.3, 0.4) is 0 Å². The molecule has 1 heterocycles. The van der Waals surface area contributed by atoms with E-state index in [9.17, 15) is 0 Å². The summed E-state index contributed by atoms with van der Waals surface area (Å²) < 4.78 is 5.82. The predicted octanol–water partition coefficient (Wildman–Crippen LogP) is 0.469. The fourth-order valence-corrected chi connectivity index (χ4v) is 2.73. The molecule has 2 unspecified atom stereocenters. The van der Waals surface area contributed by atoms with Crippen molar-refractivity contribution in [2.45, 2.75) is 44.8 Å². The number of hydrogen-bond acceptors (Lipinski definition) is 3. The second-order valence-electron chi connectivity index (χ2n) is 4.40. The Labute approximate surface area is 97.0 Å². The van der Waals surface area contributed by atoms with Crippen molar-refractivity contribution in [1.29, 1.82) is 0 Å². The summed E-state index contributed by atoms with van der Waals surface area (Å²) in [6, 6.07) is 0.462. The third-order valence-electron chi connectivity index (χ3n) is 3.44. The van der Waals surface area contributed by atoms with E-state index in [-0.39, 0.29) is 0 Å². The van der Waals surface area contributed by atoms with Crippen LogP contribution >= 0.6 is 0 Å². The second-order valence-corrected chi connectivity index (χ2v) is 4.40. The summed E-state index contributed by atoms with van der Waals surface area (Å²) in [7, 11) is 0. The molecular formula is C11H22N4O. The molecule has 0 amide bonds. The number of nitrogens with zero attached hydrogens (tertiary/aromatic N) is 2. The molecule has 0 bridgehead atoms. The monoisotopic (exact) mass is 226 g/mol. The van der Waals surface area contributed by atoms with Crippen LogP contribution < -0.4 is 11.3 Å². The van der Waals surface area contributed by atoms with Crippen LogP contribution in [0.15, 0.2) is 4.99 Å². The van der Waals surface area contributed by atoms with Crippen LogP contribution in [0.2, 0.25) is 0 Å². The molecular weight excluding hydrogens is 204 g/mol. The molecule has 0 aromatic heterocycles. The molecule has 5 heteroatoms. The molecule has 0 spiro atoms. The molecule has 0 radical (unpaired) electrons. The Morgan fingerprint density at radius 3 is 3.06 bits per heavy atom. The maximum Gasteiger partial charge on any atom is 0.208 e. The van der Waals surface area contributed by atoms with Crippen LogP contribution in [0.1, 0.15) is 32.6 Å². The number of aliphatic imine (C=N–C) groups is 1. The Balaban J connectivity index is 2.09. The fourth-order valence-electron chi connectivity index (χ4n) is 2.73. The predicted molar refractivity (Wildman–Crippen MR) is 64.0 cm³/mol. The smallest absolute Gasteiger partial charge is 0.208 e. The highest BCUT2D eigenvalue weighted by Crippen LogP contribution is 2.28. The van der Waals surface area contributed by atoms with Crippen molar-refractivity contribution in [2.75, 3.05) is 19.7 Å². The molecule has 0 aromatic rings. The number of ether oxygens (including phenoxy) is 1. The van der Waals surface area contributed by atoms with E-state index in [4.69, 9.17) is 10.6 Å². The molecule has 92 valence electrons. The molecule has 1 aliphatic heterocycles. The third-order valence-corrected chi connectivity index (χ3v) is 3.44. The normalized spacial score (nSPS) is 31.1. The molecule has 1 aliphatic carbocycles. The third kappa shape index (κ3) is 2.30. The summed E-state index contributed by atoms with van der Waals surface area (Å²) in [5.41, 5.74) is 2.73. The van der Waals surface area contributed by atoms with Gasteiger partial charge in [-0.05, 0) is 19.8 Å². The first kappa shape index (κ1) is 11.7. The highest BCUT2D eigenvalue weighted by atomic mass is 16.5. The second kappa shape index (κ2) is 5.50.